The molecule has 1 heterocycles. The van der Waals surface area contributed by atoms with Crippen molar-refractivity contribution in [3.05, 3.63) is 24.3 Å². The van der Waals surface area contributed by atoms with Crippen molar-refractivity contribution >= 4 is 17.6 Å². The summed E-state index contributed by atoms with van der Waals surface area (Å²) in [5, 5.41) is 9.62. The molecule has 1 unspecified atom stereocenters. The van der Waals surface area contributed by atoms with Crippen LogP contribution in [0.15, 0.2) is 24.3 Å². The number of hydrogen-bond acceptors (Lipinski definition) is 3. The third kappa shape index (κ3) is 2.45. The van der Waals surface area contributed by atoms with Gasteiger partial charge in [-0.3, -0.25) is 9.69 Å². The minimum Gasteiger partial charge on any atom is -0.480 e. The van der Waals surface area contributed by atoms with E-state index in [9.17, 15) is 14.7 Å². The number of anilines is 1. The molecule has 5 nitrogen and oxygen atoms in total. The second-order valence-electron chi connectivity index (χ2n) is 5.97. The van der Waals surface area contributed by atoms with Gasteiger partial charge in [-0.05, 0) is 30.9 Å². The smallest absolute Gasteiger partial charge is 0.327 e. The maximum Gasteiger partial charge on any atom is 0.327 e. The first-order valence-electron chi connectivity index (χ1n) is 7.72. The van der Waals surface area contributed by atoms with Crippen LogP contribution < -0.4 is 9.64 Å². The lowest BCUT2D eigenvalue weighted by atomic mass is 9.90. The van der Waals surface area contributed by atoms with Crippen LogP contribution in [0.5, 0.6) is 5.75 Å². The van der Waals surface area contributed by atoms with Gasteiger partial charge in [0.05, 0.1) is 5.69 Å². The highest BCUT2D eigenvalue weighted by molar-refractivity contribution is 6.06. The van der Waals surface area contributed by atoms with E-state index >= 15 is 0 Å². The van der Waals surface area contributed by atoms with Crippen LogP contribution >= 0.6 is 0 Å². The van der Waals surface area contributed by atoms with E-state index in [2.05, 4.69) is 0 Å². The molecule has 0 bridgehead atoms. The predicted octanol–water partition coefficient (Wildman–Crippen LogP) is 3.08. The quantitative estimate of drug-likeness (QED) is 0.908. The topological polar surface area (TPSA) is 66.8 Å². The predicted molar refractivity (Wildman–Crippen MR) is 84.1 cm³/mol. The number of benzene rings is 1. The SMILES string of the molecule is CCC1(CC)Oc2ccccc2N(C(C(=O)O)C(C)C)C1=O. The Morgan fingerprint density at radius 1 is 1.27 bits per heavy atom. The molecule has 1 amide bonds. The van der Waals surface area contributed by atoms with Gasteiger partial charge >= 0.3 is 5.97 Å². The van der Waals surface area contributed by atoms with Crippen LogP contribution in [-0.2, 0) is 9.59 Å². The number of nitrogens with zero attached hydrogens (tertiary/aromatic N) is 1. The fraction of sp³-hybridized carbons (Fsp3) is 0.529. The summed E-state index contributed by atoms with van der Waals surface area (Å²) in [4.78, 5) is 26.2. The van der Waals surface area contributed by atoms with Gasteiger partial charge in [0.1, 0.15) is 11.8 Å². The second-order valence-corrected chi connectivity index (χ2v) is 5.97. The van der Waals surface area contributed by atoms with Crippen LogP contribution in [0.25, 0.3) is 0 Å². The number of ether oxygens (including phenoxy) is 1. The van der Waals surface area contributed by atoms with Crippen LogP contribution in [0.2, 0.25) is 0 Å². The van der Waals surface area contributed by atoms with Gasteiger partial charge in [-0.1, -0.05) is 39.8 Å². The van der Waals surface area contributed by atoms with Crippen LogP contribution in [-0.4, -0.2) is 28.6 Å². The van der Waals surface area contributed by atoms with Crippen LogP contribution in [0.1, 0.15) is 40.5 Å². The Morgan fingerprint density at radius 2 is 1.86 bits per heavy atom. The van der Waals surface area contributed by atoms with E-state index in [0.717, 1.165) is 0 Å². The number of amides is 1. The van der Waals surface area contributed by atoms with E-state index in [1.807, 2.05) is 33.8 Å². The number of hydrogen-bond donors (Lipinski definition) is 1. The molecule has 0 radical (unpaired) electrons. The van der Waals surface area contributed by atoms with Crippen molar-refractivity contribution in [3.63, 3.8) is 0 Å². The fourth-order valence-electron chi connectivity index (χ4n) is 2.99. The summed E-state index contributed by atoms with van der Waals surface area (Å²) in [6.45, 7) is 7.39. The van der Waals surface area contributed by atoms with Crippen molar-refractivity contribution in [1.82, 2.24) is 0 Å². The van der Waals surface area contributed by atoms with Gasteiger partial charge < -0.3 is 9.84 Å². The summed E-state index contributed by atoms with van der Waals surface area (Å²) in [5.74, 6) is -0.907. The standard InChI is InChI=1S/C17H23NO4/c1-5-17(6-2)16(21)18(14(11(3)4)15(19)20)12-9-7-8-10-13(12)22-17/h7-11,14H,5-6H2,1-4H3,(H,19,20). The number of fused-ring (bicyclic) bond motifs is 1. The Balaban J connectivity index is 2.63. The number of aliphatic carboxylic acids is 1. The summed E-state index contributed by atoms with van der Waals surface area (Å²) in [6.07, 6.45) is 0.995. The average Bonchev–Trinajstić information content (AvgIpc) is 2.49. The summed E-state index contributed by atoms with van der Waals surface area (Å²) in [6, 6.07) is 6.23. The van der Waals surface area contributed by atoms with Crippen molar-refractivity contribution in [2.45, 2.75) is 52.2 Å². The molecule has 0 saturated heterocycles. The van der Waals surface area contributed by atoms with E-state index in [1.54, 1.807) is 18.2 Å². The Bertz CT molecular complexity index is 578. The zero-order valence-corrected chi connectivity index (χ0v) is 13.5. The first kappa shape index (κ1) is 16.3. The lowest BCUT2D eigenvalue weighted by molar-refractivity contribution is -0.145. The number of rotatable bonds is 5. The molecule has 120 valence electrons. The molecule has 2 rings (SSSR count). The van der Waals surface area contributed by atoms with Crippen LogP contribution in [0.3, 0.4) is 0 Å². The molecular weight excluding hydrogens is 282 g/mol. The molecule has 1 atom stereocenters. The van der Waals surface area contributed by atoms with Gasteiger partial charge in [-0.15, -0.1) is 0 Å². The van der Waals surface area contributed by atoms with Crippen molar-refractivity contribution in [3.8, 4) is 5.75 Å². The molecule has 5 heteroatoms. The molecule has 0 aliphatic carbocycles. The molecule has 0 saturated carbocycles. The zero-order chi connectivity index (χ0) is 16.5. The molecule has 0 aromatic heterocycles. The largest absolute Gasteiger partial charge is 0.480 e. The number of carbonyl (C=O) groups excluding carboxylic acids is 1. The van der Waals surface area contributed by atoms with Gasteiger partial charge in [-0.2, -0.15) is 0 Å². The first-order chi connectivity index (χ1) is 10.4. The Morgan fingerprint density at radius 3 is 2.36 bits per heavy atom. The van der Waals surface area contributed by atoms with Crippen LogP contribution in [0, 0.1) is 5.92 Å². The number of carboxylic acids is 1. The first-order valence-corrected chi connectivity index (χ1v) is 7.72. The Hall–Kier alpha value is -2.04. The molecule has 0 spiro atoms. The Kier molecular flexibility index (Phi) is 4.44. The van der Waals surface area contributed by atoms with Crippen molar-refractivity contribution < 1.29 is 19.4 Å². The fourth-order valence-corrected chi connectivity index (χ4v) is 2.99. The molecule has 1 aliphatic rings. The maximum atomic E-state index is 13.1. The lowest BCUT2D eigenvalue weighted by Crippen LogP contribution is -2.61. The summed E-state index contributed by atoms with van der Waals surface area (Å²) in [7, 11) is 0. The van der Waals surface area contributed by atoms with Crippen molar-refractivity contribution in [1.29, 1.82) is 0 Å². The minimum absolute atomic E-state index is 0.209. The Labute approximate surface area is 130 Å². The normalized spacial score (nSPS) is 17.9. The average molecular weight is 305 g/mol. The summed E-state index contributed by atoms with van der Waals surface area (Å²) in [5.41, 5.74) is -0.456. The summed E-state index contributed by atoms with van der Waals surface area (Å²) >= 11 is 0. The van der Waals surface area contributed by atoms with E-state index in [-0.39, 0.29) is 11.8 Å². The third-order valence-electron chi connectivity index (χ3n) is 4.34. The number of carboxylic acid groups (broad SMARTS) is 1. The number of para-hydroxylation sites is 2. The van der Waals surface area contributed by atoms with Crippen molar-refractivity contribution in [2.75, 3.05) is 4.90 Å². The van der Waals surface area contributed by atoms with E-state index in [4.69, 9.17) is 4.74 Å². The van der Waals surface area contributed by atoms with E-state index in [0.29, 0.717) is 24.3 Å². The highest BCUT2D eigenvalue weighted by Gasteiger charge is 2.49. The van der Waals surface area contributed by atoms with Gasteiger partial charge in [0.2, 0.25) is 0 Å². The molecule has 0 fully saturated rings. The van der Waals surface area contributed by atoms with E-state index in [1.165, 1.54) is 4.90 Å². The van der Waals surface area contributed by atoms with Gasteiger partial charge in [0, 0.05) is 0 Å². The van der Waals surface area contributed by atoms with Gasteiger partial charge in [0.15, 0.2) is 5.60 Å². The molecule has 1 aromatic rings. The highest BCUT2D eigenvalue weighted by atomic mass is 16.5. The van der Waals surface area contributed by atoms with Gasteiger partial charge in [-0.25, -0.2) is 4.79 Å². The molecule has 1 aliphatic heterocycles. The minimum atomic E-state index is -0.999. The molecule has 1 aromatic carbocycles. The van der Waals surface area contributed by atoms with Crippen LogP contribution in [0.4, 0.5) is 5.69 Å². The van der Waals surface area contributed by atoms with E-state index < -0.39 is 17.6 Å². The zero-order valence-electron chi connectivity index (χ0n) is 13.5. The molecule has 22 heavy (non-hydrogen) atoms. The van der Waals surface area contributed by atoms with Crippen molar-refractivity contribution in [2.24, 2.45) is 5.92 Å². The number of carbonyl (C=O) groups is 2. The second kappa shape index (κ2) is 5.99. The lowest BCUT2D eigenvalue weighted by Gasteiger charge is -2.44. The highest BCUT2D eigenvalue weighted by Crippen LogP contribution is 2.42. The molecular formula is C17H23NO4. The molecule has 1 N–H and O–H groups in total. The monoisotopic (exact) mass is 305 g/mol. The summed E-state index contributed by atoms with van der Waals surface area (Å²) < 4.78 is 5.99. The third-order valence-corrected chi connectivity index (χ3v) is 4.34. The maximum absolute atomic E-state index is 13.1. The van der Waals surface area contributed by atoms with Gasteiger partial charge in [0.25, 0.3) is 5.91 Å².